The Labute approximate surface area is 117 Å². The molecule has 1 aromatic carbocycles. The van der Waals surface area contributed by atoms with E-state index in [-0.39, 0.29) is 11.8 Å². The summed E-state index contributed by atoms with van der Waals surface area (Å²) in [5.41, 5.74) is 7.21. The summed E-state index contributed by atoms with van der Waals surface area (Å²) >= 11 is 5.68. The van der Waals surface area contributed by atoms with E-state index in [2.05, 4.69) is 27.6 Å². The smallest absolute Gasteiger partial charge is 0.222 e. The van der Waals surface area contributed by atoms with Gasteiger partial charge in [-0.2, -0.15) is 0 Å². The van der Waals surface area contributed by atoms with Crippen molar-refractivity contribution in [2.45, 2.75) is 11.4 Å². The van der Waals surface area contributed by atoms with Gasteiger partial charge in [-0.25, -0.2) is 19.3 Å². The van der Waals surface area contributed by atoms with Gasteiger partial charge in [0.15, 0.2) is 0 Å². The van der Waals surface area contributed by atoms with Crippen molar-refractivity contribution in [2.75, 3.05) is 5.73 Å². The Balaban J connectivity index is 1.97. The van der Waals surface area contributed by atoms with Crippen molar-refractivity contribution in [3.8, 4) is 0 Å². The second-order valence-electron chi connectivity index (χ2n) is 3.97. The molecule has 0 spiro atoms. The number of thiazole rings is 1. The van der Waals surface area contributed by atoms with Crippen LogP contribution >= 0.6 is 24.0 Å². The van der Waals surface area contributed by atoms with Gasteiger partial charge in [0.25, 0.3) is 0 Å². The molecule has 2 N–H and O–H groups in total. The molecular formula is C12H9FN4S2. The minimum Gasteiger partial charge on any atom is -0.368 e. The van der Waals surface area contributed by atoms with Crippen molar-refractivity contribution >= 4 is 40.3 Å². The first kappa shape index (κ1) is 12.3. The Bertz CT molecular complexity index is 739. The van der Waals surface area contributed by atoms with Crippen LogP contribution < -0.4 is 5.73 Å². The zero-order valence-corrected chi connectivity index (χ0v) is 11.4. The van der Waals surface area contributed by atoms with Gasteiger partial charge < -0.3 is 5.73 Å². The highest BCUT2D eigenvalue weighted by Crippen LogP contribution is 2.26. The molecule has 0 aliphatic carbocycles. The van der Waals surface area contributed by atoms with Gasteiger partial charge in [-0.1, -0.05) is 23.5 Å². The summed E-state index contributed by atoms with van der Waals surface area (Å²) in [5, 5.41) is 1.35. The van der Waals surface area contributed by atoms with Crippen LogP contribution in [0.4, 0.5) is 10.3 Å². The summed E-state index contributed by atoms with van der Waals surface area (Å²) in [6.45, 7) is 0. The van der Waals surface area contributed by atoms with E-state index < -0.39 is 0 Å². The first-order chi connectivity index (χ1) is 9.11. The zero-order valence-electron chi connectivity index (χ0n) is 9.67. The summed E-state index contributed by atoms with van der Waals surface area (Å²) in [4.78, 5) is 13.2. The molecule has 2 aromatic heterocycles. The second kappa shape index (κ2) is 4.75. The van der Waals surface area contributed by atoms with Gasteiger partial charge in [-0.15, -0.1) is 12.6 Å². The topological polar surface area (TPSA) is 64.7 Å². The number of benzene rings is 1. The quantitative estimate of drug-likeness (QED) is 0.563. The molecule has 0 fully saturated rings. The molecule has 0 atom stereocenters. The van der Waals surface area contributed by atoms with E-state index >= 15 is 0 Å². The average molecular weight is 292 g/mol. The number of rotatable bonds is 2. The molecule has 2 heterocycles. The van der Waals surface area contributed by atoms with E-state index in [0.29, 0.717) is 17.0 Å². The Morgan fingerprint density at radius 1 is 1.16 bits per heavy atom. The molecule has 7 heteroatoms. The van der Waals surface area contributed by atoms with E-state index in [4.69, 9.17) is 5.73 Å². The SMILES string of the molecule is Nc1nc(S)c2nc(Cc3ccc(F)cc3)sc2n1. The zero-order chi connectivity index (χ0) is 13.4. The highest BCUT2D eigenvalue weighted by Gasteiger charge is 2.10. The van der Waals surface area contributed by atoms with Crippen LogP contribution in [-0.4, -0.2) is 15.0 Å². The number of hydrogen-bond donors (Lipinski definition) is 2. The fourth-order valence-corrected chi connectivity index (χ4v) is 3.03. The highest BCUT2D eigenvalue weighted by molar-refractivity contribution is 7.80. The van der Waals surface area contributed by atoms with Crippen LogP contribution in [-0.2, 0) is 6.42 Å². The first-order valence-electron chi connectivity index (χ1n) is 5.48. The summed E-state index contributed by atoms with van der Waals surface area (Å²) in [5.74, 6) is -0.0567. The molecule has 0 radical (unpaired) electrons. The minimum absolute atomic E-state index is 0.189. The number of aromatic nitrogens is 3. The van der Waals surface area contributed by atoms with Gasteiger partial charge in [0.05, 0.1) is 5.01 Å². The van der Waals surface area contributed by atoms with Crippen LogP contribution in [0.5, 0.6) is 0 Å². The first-order valence-corrected chi connectivity index (χ1v) is 6.74. The molecular weight excluding hydrogens is 283 g/mol. The van der Waals surface area contributed by atoms with E-state index in [1.807, 2.05) is 0 Å². The predicted molar refractivity (Wildman–Crippen MR) is 76.1 cm³/mol. The van der Waals surface area contributed by atoms with Gasteiger partial charge in [-0.05, 0) is 17.7 Å². The Kier molecular flexibility index (Phi) is 3.08. The van der Waals surface area contributed by atoms with E-state index in [0.717, 1.165) is 15.4 Å². The van der Waals surface area contributed by atoms with Crippen molar-refractivity contribution in [3.05, 3.63) is 40.7 Å². The van der Waals surface area contributed by atoms with Crippen molar-refractivity contribution in [2.24, 2.45) is 0 Å². The molecule has 0 amide bonds. The van der Waals surface area contributed by atoms with Crippen molar-refractivity contribution in [1.29, 1.82) is 0 Å². The van der Waals surface area contributed by atoms with Gasteiger partial charge in [0.1, 0.15) is 21.2 Å². The fraction of sp³-hybridized carbons (Fsp3) is 0.0833. The summed E-state index contributed by atoms with van der Waals surface area (Å²) in [6, 6.07) is 6.35. The molecule has 0 saturated carbocycles. The number of anilines is 1. The maximum Gasteiger partial charge on any atom is 0.222 e. The lowest BCUT2D eigenvalue weighted by molar-refractivity contribution is 0.627. The van der Waals surface area contributed by atoms with Crippen LogP contribution in [0.1, 0.15) is 10.6 Å². The van der Waals surface area contributed by atoms with E-state index in [1.54, 1.807) is 12.1 Å². The summed E-state index contributed by atoms with van der Waals surface area (Å²) < 4.78 is 12.8. The molecule has 3 aromatic rings. The number of nitrogen functional groups attached to an aromatic ring is 1. The molecule has 0 unspecified atom stereocenters. The lowest BCUT2D eigenvalue weighted by atomic mass is 10.1. The van der Waals surface area contributed by atoms with Crippen LogP contribution in [0.25, 0.3) is 10.3 Å². The van der Waals surface area contributed by atoms with Gasteiger partial charge in [-0.3, -0.25) is 0 Å². The van der Waals surface area contributed by atoms with Crippen molar-refractivity contribution in [1.82, 2.24) is 15.0 Å². The molecule has 0 saturated heterocycles. The maximum atomic E-state index is 12.8. The molecule has 4 nitrogen and oxygen atoms in total. The standard InChI is InChI=1S/C12H9FN4S2/c13-7-3-1-6(2-4-7)5-8-15-9-10(18)16-12(14)17-11(9)19-8/h1-4H,5H2,(H3,14,16,17,18). The van der Waals surface area contributed by atoms with Crippen molar-refractivity contribution in [3.63, 3.8) is 0 Å². The van der Waals surface area contributed by atoms with Crippen molar-refractivity contribution < 1.29 is 4.39 Å². The van der Waals surface area contributed by atoms with Crippen LogP contribution in [0, 0.1) is 5.82 Å². The third-order valence-electron chi connectivity index (χ3n) is 2.57. The molecule has 0 aliphatic heterocycles. The highest BCUT2D eigenvalue weighted by atomic mass is 32.1. The number of thiol groups is 1. The Morgan fingerprint density at radius 3 is 2.63 bits per heavy atom. The number of fused-ring (bicyclic) bond motifs is 1. The van der Waals surface area contributed by atoms with E-state index in [9.17, 15) is 4.39 Å². The molecule has 0 bridgehead atoms. The van der Waals surface area contributed by atoms with Crippen LogP contribution in [0.15, 0.2) is 29.3 Å². The van der Waals surface area contributed by atoms with Gasteiger partial charge >= 0.3 is 0 Å². The predicted octanol–water partition coefficient (Wildman–Crippen LogP) is 2.69. The molecule has 0 aliphatic rings. The molecule has 19 heavy (non-hydrogen) atoms. The monoisotopic (exact) mass is 292 g/mol. The summed E-state index contributed by atoms with van der Waals surface area (Å²) in [7, 11) is 0. The summed E-state index contributed by atoms with van der Waals surface area (Å²) in [6.07, 6.45) is 0.619. The Hall–Kier alpha value is -1.73. The number of nitrogens with zero attached hydrogens (tertiary/aromatic N) is 3. The normalized spacial score (nSPS) is 11.1. The second-order valence-corrected chi connectivity index (χ2v) is 5.46. The molecule has 3 rings (SSSR count). The number of hydrogen-bond acceptors (Lipinski definition) is 6. The van der Waals surface area contributed by atoms with Crippen LogP contribution in [0.2, 0.25) is 0 Å². The number of nitrogens with two attached hydrogens (primary N) is 1. The lowest BCUT2D eigenvalue weighted by Crippen LogP contribution is -1.94. The Morgan fingerprint density at radius 2 is 1.89 bits per heavy atom. The van der Waals surface area contributed by atoms with E-state index in [1.165, 1.54) is 23.5 Å². The molecule has 96 valence electrons. The largest absolute Gasteiger partial charge is 0.368 e. The third-order valence-corrected chi connectivity index (χ3v) is 3.83. The minimum atomic E-state index is -0.246. The third kappa shape index (κ3) is 2.52. The van der Waals surface area contributed by atoms with Gasteiger partial charge in [0, 0.05) is 6.42 Å². The maximum absolute atomic E-state index is 12.8. The van der Waals surface area contributed by atoms with Gasteiger partial charge in [0.2, 0.25) is 5.95 Å². The number of halogens is 1. The lowest BCUT2D eigenvalue weighted by Gasteiger charge is -1.96. The average Bonchev–Trinajstić information content (AvgIpc) is 2.75. The van der Waals surface area contributed by atoms with Crippen LogP contribution in [0.3, 0.4) is 0 Å². The fourth-order valence-electron chi connectivity index (χ4n) is 1.72.